The third kappa shape index (κ3) is 6.69. The maximum atomic E-state index is 13.8. The molecule has 1 aliphatic carbocycles. The summed E-state index contributed by atoms with van der Waals surface area (Å²) in [5.41, 5.74) is 0.700. The van der Waals surface area contributed by atoms with Gasteiger partial charge in [0.05, 0.1) is 12.4 Å². The first kappa shape index (κ1) is 19.7. The molecule has 0 saturated heterocycles. The molecular weight excluding hydrogens is 397 g/mol. The molecule has 0 radical (unpaired) electrons. The van der Waals surface area contributed by atoms with Gasteiger partial charge in [-0.3, -0.25) is 0 Å². The SMILES string of the molecule is C[C@@H](NS(=O)(=O)CCCCCBr)c1ccc(F)c(OCC2CC2)c1. The molecule has 1 aromatic rings. The molecule has 0 aliphatic heterocycles. The van der Waals surface area contributed by atoms with Crippen LogP contribution in [0, 0.1) is 11.7 Å². The zero-order valence-electron chi connectivity index (χ0n) is 13.9. The Morgan fingerprint density at radius 2 is 2.08 bits per heavy atom. The van der Waals surface area contributed by atoms with E-state index in [0.717, 1.165) is 31.0 Å². The van der Waals surface area contributed by atoms with Crippen LogP contribution < -0.4 is 9.46 Å². The van der Waals surface area contributed by atoms with Gasteiger partial charge in [-0.05, 0) is 56.2 Å². The molecule has 1 aliphatic rings. The summed E-state index contributed by atoms with van der Waals surface area (Å²) in [7, 11) is -3.35. The molecule has 0 unspecified atom stereocenters. The average molecular weight is 422 g/mol. The number of unbranched alkanes of at least 4 members (excludes halogenated alkanes) is 2. The maximum Gasteiger partial charge on any atom is 0.212 e. The fraction of sp³-hybridized carbons (Fsp3) is 0.647. The van der Waals surface area contributed by atoms with Gasteiger partial charge in [0.2, 0.25) is 10.0 Å². The Balaban J connectivity index is 1.92. The molecule has 7 heteroatoms. The summed E-state index contributed by atoms with van der Waals surface area (Å²) in [5, 5.41) is 0.885. The van der Waals surface area contributed by atoms with Gasteiger partial charge in [0.15, 0.2) is 11.6 Å². The van der Waals surface area contributed by atoms with Gasteiger partial charge < -0.3 is 4.74 Å². The van der Waals surface area contributed by atoms with Crippen LogP contribution >= 0.6 is 15.9 Å². The van der Waals surface area contributed by atoms with Crippen molar-refractivity contribution in [2.75, 3.05) is 17.7 Å². The minimum Gasteiger partial charge on any atom is -0.490 e. The normalized spacial score (nSPS) is 16.1. The third-order valence-corrected chi connectivity index (χ3v) is 6.13. The summed E-state index contributed by atoms with van der Waals surface area (Å²) in [6.45, 7) is 2.28. The topological polar surface area (TPSA) is 55.4 Å². The van der Waals surface area contributed by atoms with Crippen molar-refractivity contribution in [3.8, 4) is 5.75 Å². The van der Waals surface area contributed by atoms with E-state index in [1.165, 1.54) is 6.07 Å². The number of hydrogen-bond acceptors (Lipinski definition) is 3. The van der Waals surface area contributed by atoms with Crippen molar-refractivity contribution in [1.29, 1.82) is 0 Å². The molecule has 1 N–H and O–H groups in total. The molecule has 1 atom stereocenters. The largest absolute Gasteiger partial charge is 0.490 e. The van der Waals surface area contributed by atoms with Gasteiger partial charge in [-0.1, -0.05) is 28.4 Å². The van der Waals surface area contributed by atoms with Crippen LogP contribution in [0.4, 0.5) is 4.39 Å². The standard InChI is InChI=1S/C17H25BrFNO3S/c1-13(20-24(21,22)10-4-2-3-9-18)15-7-8-16(19)17(11-15)23-12-14-5-6-14/h7-8,11,13-14,20H,2-6,9-10,12H2,1H3/t13-/m1/s1. The van der Waals surface area contributed by atoms with E-state index in [0.29, 0.717) is 24.5 Å². The summed E-state index contributed by atoms with van der Waals surface area (Å²) < 4.78 is 46.2. The molecule has 2 rings (SSSR count). The first-order chi connectivity index (χ1) is 11.4. The first-order valence-corrected chi connectivity index (χ1v) is 11.2. The van der Waals surface area contributed by atoms with Crippen LogP contribution in [-0.2, 0) is 10.0 Å². The highest BCUT2D eigenvalue weighted by Gasteiger charge is 2.23. The van der Waals surface area contributed by atoms with E-state index in [2.05, 4.69) is 20.7 Å². The minimum absolute atomic E-state index is 0.108. The van der Waals surface area contributed by atoms with E-state index >= 15 is 0 Å². The fourth-order valence-corrected chi connectivity index (χ4v) is 4.12. The van der Waals surface area contributed by atoms with E-state index in [1.807, 2.05) is 0 Å². The van der Waals surface area contributed by atoms with Crippen LogP contribution in [0.25, 0.3) is 0 Å². The lowest BCUT2D eigenvalue weighted by Gasteiger charge is -2.16. The number of hydrogen-bond donors (Lipinski definition) is 1. The number of halogens is 2. The molecule has 0 spiro atoms. The van der Waals surface area contributed by atoms with E-state index in [4.69, 9.17) is 4.74 Å². The molecule has 0 aromatic heterocycles. The smallest absolute Gasteiger partial charge is 0.212 e. The third-order valence-electron chi connectivity index (χ3n) is 4.03. The molecule has 0 heterocycles. The second-order valence-electron chi connectivity index (χ2n) is 6.35. The van der Waals surface area contributed by atoms with E-state index < -0.39 is 21.9 Å². The predicted octanol–water partition coefficient (Wildman–Crippen LogP) is 4.16. The highest BCUT2D eigenvalue weighted by Crippen LogP contribution is 2.31. The molecule has 136 valence electrons. The van der Waals surface area contributed by atoms with Crippen molar-refractivity contribution in [2.24, 2.45) is 5.92 Å². The van der Waals surface area contributed by atoms with Gasteiger partial charge in [-0.25, -0.2) is 17.5 Å². The monoisotopic (exact) mass is 421 g/mol. The van der Waals surface area contributed by atoms with Crippen molar-refractivity contribution in [3.05, 3.63) is 29.6 Å². The van der Waals surface area contributed by atoms with Crippen LogP contribution in [0.2, 0.25) is 0 Å². The zero-order valence-corrected chi connectivity index (χ0v) is 16.3. The van der Waals surface area contributed by atoms with Crippen molar-refractivity contribution in [2.45, 2.75) is 45.1 Å². The van der Waals surface area contributed by atoms with Crippen LogP contribution in [-0.4, -0.2) is 26.1 Å². The molecular formula is C17H25BrFNO3S. The van der Waals surface area contributed by atoms with E-state index in [1.54, 1.807) is 19.1 Å². The number of benzene rings is 1. The average Bonchev–Trinajstić information content (AvgIpc) is 3.34. The van der Waals surface area contributed by atoms with Crippen molar-refractivity contribution < 1.29 is 17.5 Å². The van der Waals surface area contributed by atoms with E-state index in [-0.39, 0.29) is 11.5 Å². The summed E-state index contributed by atoms with van der Waals surface area (Å²) in [5.74, 6) is 0.423. The second kappa shape index (κ2) is 9.15. The van der Waals surface area contributed by atoms with Gasteiger partial charge in [0.25, 0.3) is 0 Å². The number of nitrogens with one attached hydrogen (secondary N) is 1. The number of alkyl halides is 1. The Morgan fingerprint density at radius 3 is 2.75 bits per heavy atom. The Morgan fingerprint density at radius 1 is 1.33 bits per heavy atom. The Kier molecular flexibility index (Phi) is 7.50. The lowest BCUT2D eigenvalue weighted by Crippen LogP contribution is -2.29. The van der Waals surface area contributed by atoms with Gasteiger partial charge in [-0.2, -0.15) is 0 Å². The number of rotatable bonds is 11. The number of ether oxygens (including phenoxy) is 1. The molecule has 24 heavy (non-hydrogen) atoms. The Hall–Kier alpha value is -0.660. The van der Waals surface area contributed by atoms with Crippen molar-refractivity contribution in [1.82, 2.24) is 4.72 Å². The summed E-state index contributed by atoms with van der Waals surface area (Å²) in [6, 6.07) is 4.10. The summed E-state index contributed by atoms with van der Waals surface area (Å²) >= 11 is 3.33. The van der Waals surface area contributed by atoms with Crippen LogP contribution in [0.5, 0.6) is 5.75 Å². The van der Waals surface area contributed by atoms with Gasteiger partial charge >= 0.3 is 0 Å². The van der Waals surface area contributed by atoms with Gasteiger partial charge in [-0.15, -0.1) is 0 Å². The van der Waals surface area contributed by atoms with Gasteiger partial charge in [0, 0.05) is 11.4 Å². The lowest BCUT2D eigenvalue weighted by molar-refractivity contribution is 0.285. The van der Waals surface area contributed by atoms with Crippen LogP contribution in [0.3, 0.4) is 0 Å². The molecule has 4 nitrogen and oxygen atoms in total. The van der Waals surface area contributed by atoms with Crippen LogP contribution in [0.15, 0.2) is 18.2 Å². The van der Waals surface area contributed by atoms with E-state index in [9.17, 15) is 12.8 Å². The highest BCUT2D eigenvalue weighted by atomic mass is 79.9. The summed E-state index contributed by atoms with van der Waals surface area (Å²) in [4.78, 5) is 0. The first-order valence-electron chi connectivity index (χ1n) is 8.39. The molecule has 0 amide bonds. The predicted molar refractivity (Wildman–Crippen MR) is 97.6 cm³/mol. The summed E-state index contributed by atoms with van der Waals surface area (Å²) in [6.07, 6.45) is 4.73. The minimum atomic E-state index is -3.35. The molecule has 0 bridgehead atoms. The second-order valence-corrected chi connectivity index (χ2v) is 9.02. The molecule has 1 saturated carbocycles. The maximum absolute atomic E-state index is 13.8. The lowest BCUT2D eigenvalue weighted by atomic mass is 10.1. The fourth-order valence-electron chi connectivity index (χ4n) is 2.35. The quantitative estimate of drug-likeness (QED) is 0.431. The molecule has 1 fully saturated rings. The Labute approximate surface area is 152 Å². The van der Waals surface area contributed by atoms with Gasteiger partial charge in [0.1, 0.15) is 0 Å². The van der Waals surface area contributed by atoms with Crippen molar-refractivity contribution in [3.63, 3.8) is 0 Å². The van der Waals surface area contributed by atoms with Crippen LogP contribution in [0.1, 0.15) is 50.6 Å². The number of sulfonamides is 1. The van der Waals surface area contributed by atoms with Crippen molar-refractivity contribution >= 4 is 26.0 Å². The Bertz CT molecular complexity index is 635. The highest BCUT2D eigenvalue weighted by molar-refractivity contribution is 9.09. The zero-order chi connectivity index (χ0) is 17.6. The molecule has 1 aromatic carbocycles.